The second kappa shape index (κ2) is 9.78. The molecule has 1 N–H and O–H groups in total. The number of nitrogens with zero attached hydrogens (tertiary/aromatic N) is 1. The lowest BCUT2D eigenvalue weighted by atomic mass is 9.94. The average Bonchev–Trinajstić information content (AvgIpc) is 2.47. The van der Waals surface area contributed by atoms with Crippen LogP contribution in [0.1, 0.15) is 48.0 Å². The van der Waals surface area contributed by atoms with E-state index in [-0.39, 0.29) is 0 Å². The molecule has 0 aliphatic carbocycles. The molecule has 0 aliphatic rings. The summed E-state index contributed by atoms with van der Waals surface area (Å²) < 4.78 is 0. The Hall–Kier alpha value is -2.09. The Morgan fingerprint density at radius 3 is 2.05 bits per heavy atom. The van der Waals surface area contributed by atoms with Gasteiger partial charge in [0.1, 0.15) is 5.84 Å². The van der Waals surface area contributed by atoms with Gasteiger partial charge in [0.15, 0.2) is 0 Å². The van der Waals surface area contributed by atoms with Gasteiger partial charge in [0.05, 0.1) is 5.70 Å². The van der Waals surface area contributed by atoms with Crippen LogP contribution < -0.4 is 5.32 Å². The van der Waals surface area contributed by atoms with E-state index in [0.717, 1.165) is 45.9 Å². The molecule has 0 aromatic heterocycles. The van der Waals surface area contributed by atoms with Crippen molar-refractivity contribution in [2.24, 2.45) is 4.99 Å². The lowest BCUT2D eigenvalue weighted by Crippen LogP contribution is -2.17. The van der Waals surface area contributed by atoms with Gasteiger partial charge in [-0.2, -0.15) is 0 Å². The Bertz CT molecular complexity index is 567. The molecule has 2 nitrogen and oxygen atoms in total. The second-order valence-electron chi connectivity index (χ2n) is 5.18. The van der Waals surface area contributed by atoms with Crippen LogP contribution in [0.2, 0.25) is 0 Å². The van der Waals surface area contributed by atoms with E-state index in [1.807, 2.05) is 33.8 Å². The van der Waals surface area contributed by atoms with Gasteiger partial charge in [-0.1, -0.05) is 44.9 Å². The first kappa shape index (κ1) is 19.9. The SMILES string of the molecule is C=CC(=C\C)/C(=C/C)C(/C)=C(/N=C(C)NC(=C)C)C(=C)CC. The quantitative estimate of drug-likeness (QED) is 0.356. The van der Waals surface area contributed by atoms with Crippen LogP contribution in [0.15, 0.2) is 76.6 Å². The molecule has 22 heavy (non-hydrogen) atoms. The van der Waals surface area contributed by atoms with E-state index in [1.165, 1.54) is 0 Å². The molecule has 0 aliphatic heterocycles. The van der Waals surface area contributed by atoms with Crippen molar-refractivity contribution < 1.29 is 0 Å². The van der Waals surface area contributed by atoms with Crippen molar-refractivity contribution in [1.29, 1.82) is 0 Å². The van der Waals surface area contributed by atoms with E-state index in [2.05, 4.69) is 51.1 Å². The maximum absolute atomic E-state index is 4.73. The molecular formula is C20H30N2. The van der Waals surface area contributed by atoms with Gasteiger partial charge >= 0.3 is 0 Å². The lowest BCUT2D eigenvalue weighted by Gasteiger charge is -2.15. The number of hydrogen-bond acceptors (Lipinski definition) is 1. The van der Waals surface area contributed by atoms with Gasteiger partial charge in [0.2, 0.25) is 0 Å². The van der Waals surface area contributed by atoms with Crippen LogP contribution in [0.4, 0.5) is 0 Å². The first-order valence-electron chi connectivity index (χ1n) is 7.64. The number of hydrogen-bond donors (Lipinski definition) is 1. The summed E-state index contributed by atoms with van der Waals surface area (Å²) >= 11 is 0. The van der Waals surface area contributed by atoms with Gasteiger partial charge in [-0.15, -0.1) is 0 Å². The van der Waals surface area contributed by atoms with Gasteiger partial charge in [-0.25, -0.2) is 4.99 Å². The fraction of sp³-hybridized carbons (Fsp3) is 0.350. The van der Waals surface area contributed by atoms with Gasteiger partial charge in [0, 0.05) is 5.70 Å². The third kappa shape index (κ3) is 5.72. The normalized spacial score (nSPS) is 14.4. The number of amidine groups is 1. The molecule has 0 radical (unpaired) electrons. The molecule has 120 valence electrons. The molecule has 0 saturated carbocycles. The Morgan fingerprint density at radius 2 is 1.68 bits per heavy atom. The third-order valence-corrected chi connectivity index (χ3v) is 3.33. The molecule has 0 aromatic carbocycles. The van der Waals surface area contributed by atoms with Crippen molar-refractivity contribution in [3.05, 3.63) is 71.7 Å². The van der Waals surface area contributed by atoms with Gasteiger partial charge < -0.3 is 5.32 Å². The zero-order chi connectivity index (χ0) is 17.3. The molecule has 0 fully saturated rings. The predicted octanol–water partition coefficient (Wildman–Crippen LogP) is 5.85. The summed E-state index contributed by atoms with van der Waals surface area (Å²) in [6.45, 7) is 24.0. The topological polar surface area (TPSA) is 24.4 Å². The van der Waals surface area contributed by atoms with Crippen molar-refractivity contribution in [2.45, 2.75) is 48.0 Å². The third-order valence-electron chi connectivity index (χ3n) is 3.33. The summed E-state index contributed by atoms with van der Waals surface area (Å²) in [7, 11) is 0. The molecule has 0 rings (SSSR count). The van der Waals surface area contributed by atoms with E-state index >= 15 is 0 Å². The first-order valence-corrected chi connectivity index (χ1v) is 7.64. The van der Waals surface area contributed by atoms with Crippen LogP contribution in [-0.4, -0.2) is 5.84 Å². The highest BCUT2D eigenvalue weighted by Crippen LogP contribution is 2.28. The number of rotatable bonds is 7. The van der Waals surface area contributed by atoms with Crippen LogP contribution in [-0.2, 0) is 0 Å². The molecule has 0 heterocycles. The Balaban J connectivity index is 6.10. The standard InChI is InChI=1S/C20H30N2/c1-10-15(7)20(22-17(9)21-14(5)6)16(8)19(13-4)18(11-2)12-3/h11-13H,2,5,7,10H2,1,3-4,6,8-9H3,(H,21,22)/b18-12+,19-13+,20-16+. The molecular weight excluding hydrogens is 268 g/mol. The first-order chi connectivity index (χ1) is 10.3. The van der Waals surface area contributed by atoms with E-state index in [1.54, 1.807) is 0 Å². The van der Waals surface area contributed by atoms with Crippen molar-refractivity contribution >= 4 is 5.84 Å². The molecule has 0 aromatic rings. The summed E-state index contributed by atoms with van der Waals surface area (Å²) in [5, 5.41) is 3.15. The molecule has 0 atom stereocenters. The van der Waals surface area contributed by atoms with Gasteiger partial charge in [0.25, 0.3) is 0 Å². The Morgan fingerprint density at radius 1 is 1.09 bits per heavy atom. The minimum Gasteiger partial charge on any atom is -0.348 e. The maximum atomic E-state index is 4.73. The molecule has 0 unspecified atom stereocenters. The molecule has 2 heteroatoms. The Kier molecular flexibility index (Phi) is 8.85. The van der Waals surface area contributed by atoms with Crippen LogP contribution in [0, 0.1) is 0 Å². The minimum absolute atomic E-state index is 0.813. The van der Waals surface area contributed by atoms with E-state index < -0.39 is 0 Å². The zero-order valence-electron chi connectivity index (χ0n) is 15.0. The smallest absolute Gasteiger partial charge is 0.103 e. The minimum atomic E-state index is 0.813. The highest BCUT2D eigenvalue weighted by molar-refractivity contribution is 5.82. The highest BCUT2D eigenvalue weighted by atomic mass is 15.0. The van der Waals surface area contributed by atoms with E-state index in [4.69, 9.17) is 4.99 Å². The molecule has 0 bridgehead atoms. The maximum Gasteiger partial charge on any atom is 0.103 e. The summed E-state index contributed by atoms with van der Waals surface area (Å²) in [5.74, 6) is 0.813. The summed E-state index contributed by atoms with van der Waals surface area (Å²) in [4.78, 5) is 4.73. The van der Waals surface area contributed by atoms with Gasteiger partial charge in [-0.05, 0) is 63.3 Å². The monoisotopic (exact) mass is 298 g/mol. The fourth-order valence-corrected chi connectivity index (χ4v) is 2.21. The predicted molar refractivity (Wildman–Crippen MR) is 101 cm³/mol. The van der Waals surface area contributed by atoms with Crippen molar-refractivity contribution in [3.8, 4) is 0 Å². The Labute approximate surface area is 136 Å². The summed E-state index contributed by atoms with van der Waals surface area (Å²) in [6, 6.07) is 0. The van der Waals surface area contributed by atoms with Crippen molar-refractivity contribution in [2.75, 3.05) is 0 Å². The number of allylic oxidation sites excluding steroid dienone is 8. The van der Waals surface area contributed by atoms with E-state index in [0.29, 0.717) is 0 Å². The van der Waals surface area contributed by atoms with Crippen LogP contribution in [0.3, 0.4) is 0 Å². The largest absolute Gasteiger partial charge is 0.348 e. The molecule has 0 amide bonds. The van der Waals surface area contributed by atoms with E-state index in [9.17, 15) is 0 Å². The van der Waals surface area contributed by atoms with Gasteiger partial charge in [-0.3, -0.25) is 0 Å². The lowest BCUT2D eigenvalue weighted by molar-refractivity contribution is 1.05. The fourth-order valence-electron chi connectivity index (χ4n) is 2.21. The van der Waals surface area contributed by atoms with Crippen LogP contribution in [0.5, 0.6) is 0 Å². The molecule has 0 saturated heterocycles. The zero-order valence-corrected chi connectivity index (χ0v) is 15.0. The van der Waals surface area contributed by atoms with Crippen LogP contribution in [0.25, 0.3) is 0 Å². The summed E-state index contributed by atoms with van der Waals surface area (Å²) in [6.07, 6.45) is 6.87. The summed E-state index contributed by atoms with van der Waals surface area (Å²) in [5.41, 5.74) is 6.13. The highest BCUT2D eigenvalue weighted by Gasteiger charge is 2.11. The van der Waals surface area contributed by atoms with Crippen molar-refractivity contribution in [3.63, 3.8) is 0 Å². The molecule has 0 spiro atoms. The number of aliphatic imine (C=N–C) groups is 1. The van der Waals surface area contributed by atoms with Crippen molar-refractivity contribution in [1.82, 2.24) is 5.32 Å². The average molecular weight is 298 g/mol. The number of nitrogens with one attached hydrogen (secondary N) is 1. The van der Waals surface area contributed by atoms with Crippen LogP contribution >= 0.6 is 0 Å². The second-order valence-corrected chi connectivity index (χ2v) is 5.18.